The van der Waals surface area contributed by atoms with E-state index in [1.807, 2.05) is 36.6 Å². The Balaban J connectivity index is 1.51. The number of likely N-dealkylation sites (tertiary alicyclic amines) is 1. The van der Waals surface area contributed by atoms with Crippen LogP contribution in [-0.2, 0) is 0 Å². The molecule has 138 valence electrons. The first-order chi connectivity index (χ1) is 12.9. The van der Waals surface area contributed by atoms with Gasteiger partial charge in [0.1, 0.15) is 17.7 Å². The highest BCUT2D eigenvalue weighted by Gasteiger charge is 2.42. The van der Waals surface area contributed by atoms with Gasteiger partial charge in [0.05, 0.1) is 6.33 Å². The van der Waals surface area contributed by atoms with Gasteiger partial charge in [-0.25, -0.2) is 15.0 Å². The Morgan fingerprint density at radius 1 is 1.22 bits per heavy atom. The Morgan fingerprint density at radius 2 is 2.07 bits per heavy atom. The van der Waals surface area contributed by atoms with Crippen LogP contribution in [0.5, 0.6) is 0 Å². The van der Waals surface area contributed by atoms with E-state index >= 15 is 0 Å². The number of amides is 2. The zero-order valence-corrected chi connectivity index (χ0v) is 15.2. The van der Waals surface area contributed by atoms with E-state index in [2.05, 4.69) is 20.3 Å². The van der Waals surface area contributed by atoms with Crippen molar-refractivity contribution < 1.29 is 9.59 Å². The average molecular weight is 364 g/mol. The highest BCUT2D eigenvalue weighted by molar-refractivity contribution is 5.95. The Morgan fingerprint density at radius 3 is 2.85 bits per heavy atom. The van der Waals surface area contributed by atoms with E-state index < -0.39 is 5.54 Å². The van der Waals surface area contributed by atoms with E-state index in [0.717, 1.165) is 5.52 Å². The van der Waals surface area contributed by atoms with Gasteiger partial charge in [0.15, 0.2) is 0 Å². The summed E-state index contributed by atoms with van der Waals surface area (Å²) in [5.41, 5.74) is 1.24. The van der Waals surface area contributed by atoms with Gasteiger partial charge in [-0.2, -0.15) is 0 Å². The van der Waals surface area contributed by atoms with Crippen LogP contribution in [0.15, 0.2) is 49.3 Å². The number of fused-ring (bicyclic) bond motifs is 1. The third kappa shape index (κ3) is 3.25. The molecule has 3 aromatic heterocycles. The maximum absolute atomic E-state index is 13.1. The number of rotatable bonds is 3. The molecule has 1 aliphatic rings. The van der Waals surface area contributed by atoms with Crippen molar-refractivity contribution in [3.8, 4) is 0 Å². The van der Waals surface area contributed by atoms with Gasteiger partial charge in [0, 0.05) is 36.0 Å². The lowest BCUT2D eigenvalue weighted by molar-refractivity contribution is 0.0642. The van der Waals surface area contributed by atoms with Crippen LogP contribution in [0.2, 0.25) is 0 Å². The van der Waals surface area contributed by atoms with Gasteiger partial charge < -0.3 is 14.6 Å². The average Bonchev–Trinajstić information content (AvgIpc) is 3.24. The lowest BCUT2D eigenvalue weighted by atomic mass is 10.00. The molecule has 8 heteroatoms. The second kappa shape index (κ2) is 6.46. The molecule has 0 aromatic carbocycles. The van der Waals surface area contributed by atoms with E-state index in [-0.39, 0.29) is 17.9 Å². The van der Waals surface area contributed by atoms with Crippen molar-refractivity contribution in [1.82, 2.24) is 29.6 Å². The number of hydrogen-bond acceptors (Lipinski definition) is 5. The molecule has 0 aliphatic carbocycles. The molecule has 2 amide bonds. The molecule has 0 saturated carbocycles. The van der Waals surface area contributed by atoms with Crippen LogP contribution in [0, 0.1) is 0 Å². The third-order valence-electron chi connectivity index (χ3n) is 4.91. The van der Waals surface area contributed by atoms with E-state index in [4.69, 9.17) is 0 Å². The van der Waals surface area contributed by atoms with Crippen molar-refractivity contribution in [1.29, 1.82) is 0 Å². The largest absolute Gasteiger partial charge is 0.346 e. The first kappa shape index (κ1) is 17.1. The van der Waals surface area contributed by atoms with Gasteiger partial charge in [0.2, 0.25) is 0 Å². The topological polar surface area (TPSA) is 92.5 Å². The van der Waals surface area contributed by atoms with E-state index in [0.29, 0.717) is 24.4 Å². The van der Waals surface area contributed by atoms with Crippen molar-refractivity contribution in [3.05, 3.63) is 60.7 Å². The van der Waals surface area contributed by atoms with Gasteiger partial charge in [-0.3, -0.25) is 9.59 Å². The van der Waals surface area contributed by atoms with Crippen LogP contribution in [0.1, 0.15) is 41.2 Å². The molecule has 27 heavy (non-hydrogen) atoms. The minimum atomic E-state index is -0.392. The van der Waals surface area contributed by atoms with Crippen LogP contribution in [0.4, 0.5) is 0 Å². The standard InChI is InChI=1S/C19H20N6O2/c1-19(2)9-13(23-17(26)15-5-6-20-11-21-15)10-25(19)18(27)16-8-14-4-3-7-24(14)12-22-16/h3-8,11-13H,9-10H2,1-2H3,(H,23,26). The number of nitrogens with zero attached hydrogens (tertiary/aromatic N) is 5. The number of hydrogen-bond donors (Lipinski definition) is 1. The minimum absolute atomic E-state index is 0.137. The second-order valence-electron chi connectivity index (χ2n) is 7.31. The zero-order chi connectivity index (χ0) is 19.0. The Kier molecular flexibility index (Phi) is 4.10. The molecule has 8 nitrogen and oxygen atoms in total. The van der Waals surface area contributed by atoms with Gasteiger partial charge in [-0.15, -0.1) is 0 Å². The summed E-state index contributed by atoms with van der Waals surface area (Å²) in [5.74, 6) is -0.400. The highest BCUT2D eigenvalue weighted by atomic mass is 16.2. The van der Waals surface area contributed by atoms with Crippen LogP contribution in [0.25, 0.3) is 5.52 Å². The monoisotopic (exact) mass is 364 g/mol. The lowest BCUT2D eigenvalue weighted by Gasteiger charge is -2.30. The maximum Gasteiger partial charge on any atom is 0.273 e. The zero-order valence-electron chi connectivity index (χ0n) is 15.2. The Bertz CT molecular complexity index is 998. The minimum Gasteiger partial charge on any atom is -0.346 e. The summed E-state index contributed by atoms with van der Waals surface area (Å²) in [6.45, 7) is 4.42. The normalized spacial score (nSPS) is 18.6. The molecule has 4 rings (SSSR count). The summed E-state index contributed by atoms with van der Waals surface area (Å²) < 4.78 is 1.86. The molecular weight excluding hydrogens is 344 g/mol. The van der Waals surface area contributed by atoms with Crippen molar-refractivity contribution in [2.45, 2.75) is 31.8 Å². The maximum atomic E-state index is 13.1. The molecular formula is C19H20N6O2. The summed E-state index contributed by atoms with van der Waals surface area (Å²) in [6.07, 6.45) is 7.05. The molecule has 1 fully saturated rings. The molecule has 3 aromatic rings. The second-order valence-corrected chi connectivity index (χ2v) is 7.31. The van der Waals surface area contributed by atoms with Crippen molar-refractivity contribution in [2.24, 2.45) is 0 Å². The molecule has 1 saturated heterocycles. The first-order valence-corrected chi connectivity index (χ1v) is 8.76. The van der Waals surface area contributed by atoms with E-state index in [9.17, 15) is 9.59 Å². The molecule has 0 radical (unpaired) electrons. The number of nitrogens with one attached hydrogen (secondary N) is 1. The quantitative estimate of drug-likeness (QED) is 0.761. The fraction of sp³-hybridized carbons (Fsp3) is 0.316. The van der Waals surface area contributed by atoms with Crippen LogP contribution >= 0.6 is 0 Å². The Hall–Kier alpha value is -3.29. The Labute approximate surface area is 156 Å². The van der Waals surface area contributed by atoms with Crippen LogP contribution in [-0.4, -0.2) is 54.2 Å². The molecule has 1 unspecified atom stereocenters. The van der Waals surface area contributed by atoms with Crippen molar-refractivity contribution in [3.63, 3.8) is 0 Å². The summed E-state index contributed by atoms with van der Waals surface area (Å²) in [6, 6.07) is 7.03. The fourth-order valence-electron chi connectivity index (χ4n) is 3.58. The molecule has 1 N–H and O–H groups in total. The predicted octanol–water partition coefficient (Wildman–Crippen LogP) is 1.55. The van der Waals surface area contributed by atoms with Gasteiger partial charge in [-0.1, -0.05) is 0 Å². The highest BCUT2D eigenvalue weighted by Crippen LogP contribution is 2.30. The summed E-state index contributed by atoms with van der Waals surface area (Å²) >= 11 is 0. The lowest BCUT2D eigenvalue weighted by Crippen LogP contribution is -2.43. The molecule has 4 heterocycles. The molecule has 0 bridgehead atoms. The van der Waals surface area contributed by atoms with Gasteiger partial charge >= 0.3 is 0 Å². The first-order valence-electron chi connectivity index (χ1n) is 8.76. The number of carbonyl (C=O) groups is 2. The fourth-order valence-corrected chi connectivity index (χ4v) is 3.58. The van der Waals surface area contributed by atoms with E-state index in [1.54, 1.807) is 23.4 Å². The smallest absolute Gasteiger partial charge is 0.273 e. The van der Waals surface area contributed by atoms with Gasteiger partial charge in [0.25, 0.3) is 11.8 Å². The molecule has 1 aliphatic heterocycles. The van der Waals surface area contributed by atoms with Crippen LogP contribution in [0.3, 0.4) is 0 Å². The number of carbonyl (C=O) groups excluding carboxylic acids is 2. The third-order valence-corrected chi connectivity index (χ3v) is 4.91. The van der Waals surface area contributed by atoms with Crippen molar-refractivity contribution in [2.75, 3.05) is 6.54 Å². The summed E-state index contributed by atoms with van der Waals surface area (Å²) in [4.78, 5) is 39.3. The summed E-state index contributed by atoms with van der Waals surface area (Å²) in [5, 5.41) is 2.96. The predicted molar refractivity (Wildman–Crippen MR) is 98.2 cm³/mol. The van der Waals surface area contributed by atoms with Crippen molar-refractivity contribution >= 4 is 17.3 Å². The molecule has 1 atom stereocenters. The molecule has 0 spiro atoms. The van der Waals surface area contributed by atoms with Crippen LogP contribution < -0.4 is 5.32 Å². The van der Waals surface area contributed by atoms with Gasteiger partial charge in [-0.05, 0) is 44.5 Å². The number of aromatic nitrogens is 4. The van der Waals surface area contributed by atoms with E-state index in [1.165, 1.54) is 12.5 Å². The summed E-state index contributed by atoms with van der Waals surface area (Å²) in [7, 11) is 0. The SMILES string of the molecule is CC1(C)CC(NC(=O)c2ccncn2)CN1C(=O)c1cc2cccn2cn1.